The molecule has 1 aromatic carbocycles. The monoisotopic (exact) mass is 323 g/mol. The molecule has 24 heavy (non-hydrogen) atoms. The average Bonchev–Trinajstić information content (AvgIpc) is 2.98. The second-order valence-corrected chi connectivity index (χ2v) is 7.78. The molecule has 1 unspecified atom stereocenters. The molecule has 4 nitrogen and oxygen atoms in total. The molecule has 4 heteroatoms. The lowest BCUT2D eigenvalue weighted by Gasteiger charge is -2.36. The fraction of sp³-hybridized carbons (Fsp3) is 0.600. The molecule has 0 saturated heterocycles. The van der Waals surface area contributed by atoms with Crippen molar-refractivity contribution in [3.05, 3.63) is 39.9 Å². The molecule has 1 fully saturated rings. The summed E-state index contributed by atoms with van der Waals surface area (Å²) >= 11 is 0. The van der Waals surface area contributed by atoms with Crippen LogP contribution in [0.2, 0.25) is 0 Å². The Hall–Kier alpha value is -1.84. The smallest absolute Gasteiger partial charge is 0.0906 e. The Kier molecular flexibility index (Phi) is 3.39. The number of rotatable bonds is 2. The summed E-state index contributed by atoms with van der Waals surface area (Å²) in [5, 5.41) is 6.53. The van der Waals surface area contributed by atoms with Gasteiger partial charge in [0.2, 0.25) is 0 Å². The van der Waals surface area contributed by atoms with Crippen LogP contribution in [-0.2, 0) is 13.0 Å². The van der Waals surface area contributed by atoms with Crippen LogP contribution in [0.15, 0.2) is 23.5 Å². The zero-order valence-corrected chi connectivity index (χ0v) is 14.2. The van der Waals surface area contributed by atoms with Crippen molar-refractivity contribution >= 4 is 10.9 Å². The molecular formula is C20H25N3O. The molecule has 2 aromatic rings. The summed E-state index contributed by atoms with van der Waals surface area (Å²) in [6.07, 6.45) is 10.2. The lowest BCUT2D eigenvalue weighted by atomic mass is 9.83. The van der Waals surface area contributed by atoms with Crippen LogP contribution in [0.25, 0.3) is 10.9 Å². The number of nitrogens with zero attached hydrogens (tertiary/aromatic N) is 3. The molecule has 0 amide bonds. The second-order valence-electron chi connectivity index (χ2n) is 7.78. The maximum atomic E-state index is 11.2. The van der Waals surface area contributed by atoms with Crippen molar-refractivity contribution in [1.82, 2.24) is 9.58 Å². The third-order valence-electron chi connectivity index (χ3n) is 6.55. The van der Waals surface area contributed by atoms with Gasteiger partial charge in [0.15, 0.2) is 0 Å². The zero-order chi connectivity index (χ0) is 16.1. The standard InChI is InChI=1S/C20H25N3O/c24-21-23-12-11-22-18-10-9-15(14-5-2-1-3-6-14)13-17(18)16-7-4-8-19(23)20(16)22/h9-10,13-14,19H,1-8,11-12H2. The summed E-state index contributed by atoms with van der Waals surface area (Å²) in [6.45, 7) is 1.63. The third-order valence-corrected chi connectivity index (χ3v) is 6.55. The summed E-state index contributed by atoms with van der Waals surface area (Å²) < 4.78 is 2.47. The molecule has 3 aliphatic rings. The predicted octanol–water partition coefficient (Wildman–Crippen LogP) is 5.06. The van der Waals surface area contributed by atoms with Crippen LogP contribution in [0.1, 0.15) is 73.7 Å². The number of nitroso groups, excluding NO2 is 1. The van der Waals surface area contributed by atoms with Gasteiger partial charge in [0, 0.05) is 23.1 Å². The van der Waals surface area contributed by atoms with Crippen LogP contribution in [0.3, 0.4) is 0 Å². The first-order valence-corrected chi connectivity index (χ1v) is 9.61. The maximum absolute atomic E-state index is 11.2. The van der Waals surface area contributed by atoms with Crippen molar-refractivity contribution in [3.8, 4) is 0 Å². The van der Waals surface area contributed by atoms with Gasteiger partial charge in [-0.25, -0.2) is 0 Å². The molecule has 0 spiro atoms. The van der Waals surface area contributed by atoms with Gasteiger partial charge in [0.1, 0.15) is 0 Å². The number of benzene rings is 1. The number of aryl methyl sites for hydroxylation is 1. The highest BCUT2D eigenvalue weighted by atomic mass is 16.3. The van der Waals surface area contributed by atoms with E-state index in [-0.39, 0.29) is 6.04 Å². The highest BCUT2D eigenvalue weighted by Gasteiger charge is 2.35. The molecule has 0 N–H and O–H groups in total. The van der Waals surface area contributed by atoms with Crippen molar-refractivity contribution in [2.24, 2.45) is 5.29 Å². The van der Waals surface area contributed by atoms with Crippen molar-refractivity contribution in [2.75, 3.05) is 6.54 Å². The van der Waals surface area contributed by atoms with E-state index < -0.39 is 0 Å². The van der Waals surface area contributed by atoms with E-state index in [0.29, 0.717) is 0 Å². The first-order chi connectivity index (χ1) is 11.9. The van der Waals surface area contributed by atoms with Gasteiger partial charge in [-0.2, -0.15) is 0 Å². The Bertz CT molecular complexity index is 788. The Morgan fingerprint density at radius 1 is 1.00 bits per heavy atom. The van der Waals surface area contributed by atoms with Gasteiger partial charge in [-0.1, -0.05) is 25.3 Å². The van der Waals surface area contributed by atoms with E-state index in [4.69, 9.17) is 0 Å². The second kappa shape index (κ2) is 5.61. The maximum Gasteiger partial charge on any atom is 0.0906 e. The highest BCUT2D eigenvalue weighted by Crippen LogP contribution is 2.44. The molecular weight excluding hydrogens is 298 g/mol. The molecule has 126 valence electrons. The third kappa shape index (κ3) is 2.04. The minimum absolute atomic E-state index is 0.200. The fourth-order valence-corrected chi connectivity index (χ4v) is 5.39. The predicted molar refractivity (Wildman–Crippen MR) is 95.9 cm³/mol. The fourth-order valence-electron chi connectivity index (χ4n) is 5.39. The van der Waals surface area contributed by atoms with Gasteiger partial charge in [-0.15, -0.1) is 4.91 Å². The zero-order valence-electron chi connectivity index (χ0n) is 14.2. The first-order valence-electron chi connectivity index (χ1n) is 9.61. The molecule has 0 radical (unpaired) electrons. The van der Waals surface area contributed by atoms with Crippen molar-refractivity contribution in [2.45, 2.75) is 69.9 Å². The van der Waals surface area contributed by atoms with Gasteiger partial charge >= 0.3 is 0 Å². The molecule has 2 aliphatic carbocycles. The van der Waals surface area contributed by atoms with Gasteiger partial charge in [-0.3, -0.25) is 5.01 Å². The van der Waals surface area contributed by atoms with E-state index in [1.54, 1.807) is 5.01 Å². The van der Waals surface area contributed by atoms with Gasteiger partial charge in [0.25, 0.3) is 0 Å². The number of hydrogen-bond donors (Lipinski definition) is 0. The van der Waals surface area contributed by atoms with Gasteiger partial charge < -0.3 is 4.57 Å². The highest BCUT2D eigenvalue weighted by molar-refractivity contribution is 5.87. The molecule has 1 aromatic heterocycles. The molecule has 2 heterocycles. The van der Waals surface area contributed by atoms with E-state index in [1.165, 1.54) is 59.8 Å². The normalized spacial score (nSPS) is 24.2. The number of aromatic nitrogens is 1. The van der Waals surface area contributed by atoms with Crippen LogP contribution in [0.5, 0.6) is 0 Å². The number of fused-ring (bicyclic) bond motifs is 3. The van der Waals surface area contributed by atoms with E-state index in [2.05, 4.69) is 28.1 Å². The quantitative estimate of drug-likeness (QED) is 0.724. The van der Waals surface area contributed by atoms with E-state index in [1.807, 2.05) is 0 Å². The number of hydrogen-bond acceptors (Lipinski definition) is 2. The van der Waals surface area contributed by atoms with E-state index in [0.717, 1.165) is 38.3 Å². The largest absolute Gasteiger partial charge is 0.340 e. The average molecular weight is 323 g/mol. The Morgan fingerprint density at radius 2 is 1.88 bits per heavy atom. The van der Waals surface area contributed by atoms with Crippen molar-refractivity contribution in [1.29, 1.82) is 0 Å². The van der Waals surface area contributed by atoms with Gasteiger partial charge in [0.05, 0.1) is 17.9 Å². The Balaban J connectivity index is 1.65. The summed E-state index contributed by atoms with van der Waals surface area (Å²) in [4.78, 5) is 11.2. The van der Waals surface area contributed by atoms with E-state index >= 15 is 0 Å². The molecule has 1 aliphatic heterocycles. The molecule has 0 bridgehead atoms. The minimum Gasteiger partial charge on any atom is -0.340 e. The lowest BCUT2D eigenvalue weighted by Crippen LogP contribution is -2.36. The van der Waals surface area contributed by atoms with Gasteiger partial charge in [-0.05, 0) is 61.3 Å². The Morgan fingerprint density at radius 3 is 2.71 bits per heavy atom. The first kappa shape index (κ1) is 14.5. The summed E-state index contributed by atoms with van der Waals surface area (Å²) in [5.41, 5.74) is 5.78. The topological polar surface area (TPSA) is 37.6 Å². The summed E-state index contributed by atoms with van der Waals surface area (Å²) in [6, 6.07) is 7.39. The van der Waals surface area contributed by atoms with Crippen molar-refractivity contribution < 1.29 is 0 Å². The van der Waals surface area contributed by atoms with Crippen molar-refractivity contribution in [3.63, 3.8) is 0 Å². The molecule has 5 rings (SSSR count). The SMILES string of the molecule is O=NN1CCn2c3c(c4cc(C5CCCCC5)ccc42)CCCC31. The van der Waals surface area contributed by atoms with Crippen LogP contribution >= 0.6 is 0 Å². The Labute approximate surface area is 142 Å². The summed E-state index contributed by atoms with van der Waals surface area (Å²) in [7, 11) is 0. The minimum atomic E-state index is 0.200. The van der Waals surface area contributed by atoms with Crippen LogP contribution < -0.4 is 0 Å². The lowest BCUT2D eigenvalue weighted by molar-refractivity contribution is 0.144. The molecule has 1 atom stereocenters. The van der Waals surface area contributed by atoms with Crippen LogP contribution in [-0.4, -0.2) is 16.1 Å². The van der Waals surface area contributed by atoms with Crippen LogP contribution in [0.4, 0.5) is 0 Å². The summed E-state index contributed by atoms with van der Waals surface area (Å²) in [5.74, 6) is 0.750. The van der Waals surface area contributed by atoms with Crippen LogP contribution in [0, 0.1) is 4.91 Å². The van der Waals surface area contributed by atoms with E-state index in [9.17, 15) is 4.91 Å². The molecule has 1 saturated carbocycles.